The highest BCUT2D eigenvalue weighted by molar-refractivity contribution is 5.96. The van der Waals surface area contributed by atoms with Gasteiger partial charge in [0.05, 0.1) is 39.5 Å². The van der Waals surface area contributed by atoms with Crippen molar-refractivity contribution >= 4 is 23.5 Å². The van der Waals surface area contributed by atoms with Gasteiger partial charge in [-0.15, -0.1) is 0 Å². The Kier molecular flexibility index (Phi) is 9.15. The molecular weight excluding hydrogens is 404 g/mol. The summed E-state index contributed by atoms with van der Waals surface area (Å²) in [6.45, 7) is 1.23. The molecule has 0 aliphatic rings. The fraction of sp³-hybridized carbons (Fsp3) is 0.318. The number of hydrogen-bond donors (Lipinski definition) is 2. The summed E-state index contributed by atoms with van der Waals surface area (Å²) in [5.41, 5.74) is 1.45. The Morgan fingerprint density at radius 1 is 0.903 bits per heavy atom. The van der Waals surface area contributed by atoms with Gasteiger partial charge in [0.1, 0.15) is 17.2 Å². The van der Waals surface area contributed by atoms with E-state index >= 15 is 0 Å². The Morgan fingerprint density at radius 2 is 1.61 bits per heavy atom. The zero-order valence-corrected chi connectivity index (χ0v) is 17.7. The lowest BCUT2D eigenvalue weighted by atomic mass is 10.2. The van der Waals surface area contributed by atoms with Crippen molar-refractivity contribution in [3.8, 4) is 17.2 Å². The predicted molar refractivity (Wildman–Crippen MR) is 113 cm³/mol. The number of aryl methyl sites for hydroxylation is 1. The Morgan fingerprint density at radius 3 is 2.29 bits per heavy atom. The lowest BCUT2D eigenvalue weighted by Gasteiger charge is -2.11. The molecule has 0 atom stereocenters. The monoisotopic (exact) mass is 430 g/mol. The molecule has 0 aromatic heterocycles. The molecule has 2 aromatic rings. The second kappa shape index (κ2) is 12.1. The van der Waals surface area contributed by atoms with E-state index in [9.17, 15) is 14.4 Å². The van der Waals surface area contributed by atoms with Crippen molar-refractivity contribution < 1.29 is 33.3 Å². The largest absolute Gasteiger partial charge is 0.497 e. The van der Waals surface area contributed by atoms with Crippen LogP contribution in [0.15, 0.2) is 42.5 Å². The molecular formula is C22H26N2O7. The molecule has 0 radical (unpaired) electrons. The van der Waals surface area contributed by atoms with Crippen LogP contribution in [0.25, 0.3) is 0 Å². The van der Waals surface area contributed by atoms with E-state index in [1.165, 1.54) is 7.11 Å². The average Bonchev–Trinajstić information content (AvgIpc) is 2.77. The van der Waals surface area contributed by atoms with Gasteiger partial charge in [0.2, 0.25) is 5.91 Å². The van der Waals surface area contributed by atoms with E-state index < -0.39 is 24.4 Å². The number of carbonyl (C=O) groups is 3. The number of methoxy groups -OCH3 is 2. The minimum absolute atomic E-state index is 0.0209. The van der Waals surface area contributed by atoms with Crippen molar-refractivity contribution in [2.75, 3.05) is 39.3 Å². The van der Waals surface area contributed by atoms with Gasteiger partial charge in [0, 0.05) is 0 Å². The smallest absolute Gasteiger partial charge is 0.309 e. The number of anilines is 1. The number of esters is 1. The molecule has 0 heterocycles. The van der Waals surface area contributed by atoms with Crippen LogP contribution in [0.2, 0.25) is 0 Å². The van der Waals surface area contributed by atoms with Gasteiger partial charge >= 0.3 is 5.97 Å². The molecule has 0 aliphatic heterocycles. The molecule has 9 nitrogen and oxygen atoms in total. The molecule has 2 rings (SSSR count). The number of ether oxygens (including phenoxy) is 4. The second-order valence-corrected chi connectivity index (χ2v) is 6.46. The SMILES string of the molecule is COc1ccc(OCCC(=O)OCC(=O)NCC(=O)Nc2cc(C)ccc2OC)cc1. The molecule has 0 saturated carbocycles. The van der Waals surface area contributed by atoms with Gasteiger partial charge in [-0.1, -0.05) is 6.07 Å². The number of hydrogen-bond acceptors (Lipinski definition) is 7. The predicted octanol–water partition coefficient (Wildman–Crippen LogP) is 2.08. The molecule has 2 amide bonds. The van der Waals surface area contributed by atoms with Crippen LogP contribution in [0.3, 0.4) is 0 Å². The molecule has 0 saturated heterocycles. The fourth-order valence-electron chi connectivity index (χ4n) is 2.49. The topological polar surface area (TPSA) is 112 Å². The number of amides is 2. The minimum atomic E-state index is -0.587. The van der Waals surface area contributed by atoms with Crippen LogP contribution >= 0.6 is 0 Å². The highest BCUT2D eigenvalue weighted by Crippen LogP contribution is 2.24. The van der Waals surface area contributed by atoms with Crippen molar-refractivity contribution in [3.05, 3.63) is 48.0 Å². The molecule has 2 aromatic carbocycles. The quantitative estimate of drug-likeness (QED) is 0.525. The molecule has 0 spiro atoms. The summed E-state index contributed by atoms with van der Waals surface area (Å²) >= 11 is 0. The number of nitrogens with one attached hydrogen (secondary N) is 2. The Balaban J connectivity index is 1.64. The highest BCUT2D eigenvalue weighted by atomic mass is 16.5. The fourth-order valence-corrected chi connectivity index (χ4v) is 2.49. The molecule has 0 bridgehead atoms. The first-order valence-electron chi connectivity index (χ1n) is 9.55. The summed E-state index contributed by atoms with van der Waals surface area (Å²) in [5, 5.41) is 5.05. The van der Waals surface area contributed by atoms with Gasteiger partial charge < -0.3 is 29.6 Å². The zero-order valence-electron chi connectivity index (χ0n) is 17.7. The van der Waals surface area contributed by atoms with E-state index in [1.807, 2.05) is 13.0 Å². The van der Waals surface area contributed by atoms with Gasteiger partial charge in [0.15, 0.2) is 6.61 Å². The highest BCUT2D eigenvalue weighted by Gasteiger charge is 2.11. The van der Waals surface area contributed by atoms with Crippen molar-refractivity contribution in [1.29, 1.82) is 0 Å². The van der Waals surface area contributed by atoms with Gasteiger partial charge in [-0.05, 0) is 48.9 Å². The normalized spacial score (nSPS) is 10.0. The molecule has 0 aliphatic carbocycles. The summed E-state index contributed by atoms with van der Waals surface area (Å²) in [6, 6.07) is 12.3. The van der Waals surface area contributed by atoms with E-state index in [0.29, 0.717) is 22.9 Å². The maximum Gasteiger partial charge on any atom is 0.309 e. The number of carbonyl (C=O) groups excluding carboxylic acids is 3. The van der Waals surface area contributed by atoms with E-state index in [1.54, 1.807) is 43.5 Å². The summed E-state index contributed by atoms with van der Waals surface area (Å²) in [6.07, 6.45) is -0.0209. The first-order valence-corrected chi connectivity index (χ1v) is 9.55. The van der Waals surface area contributed by atoms with Crippen LogP contribution in [-0.2, 0) is 19.1 Å². The van der Waals surface area contributed by atoms with Crippen molar-refractivity contribution in [2.24, 2.45) is 0 Å². The Hall–Kier alpha value is -3.75. The summed E-state index contributed by atoms with van der Waals surface area (Å²) < 4.78 is 20.5. The first kappa shape index (κ1) is 23.5. The van der Waals surface area contributed by atoms with Crippen LogP contribution in [-0.4, -0.2) is 51.8 Å². The van der Waals surface area contributed by atoms with Crippen molar-refractivity contribution in [3.63, 3.8) is 0 Å². The zero-order chi connectivity index (χ0) is 22.6. The first-order chi connectivity index (χ1) is 14.9. The summed E-state index contributed by atoms with van der Waals surface area (Å²) in [5.74, 6) is 0.188. The molecule has 0 fully saturated rings. The van der Waals surface area contributed by atoms with Crippen LogP contribution in [0.1, 0.15) is 12.0 Å². The van der Waals surface area contributed by atoms with E-state index in [-0.39, 0.29) is 19.6 Å². The minimum Gasteiger partial charge on any atom is -0.497 e. The van der Waals surface area contributed by atoms with E-state index in [2.05, 4.69) is 10.6 Å². The van der Waals surface area contributed by atoms with Crippen LogP contribution in [0.4, 0.5) is 5.69 Å². The molecule has 2 N–H and O–H groups in total. The van der Waals surface area contributed by atoms with Crippen LogP contribution < -0.4 is 24.8 Å². The molecule has 9 heteroatoms. The van der Waals surface area contributed by atoms with Crippen LogP contribution in [0, 0.1) is 6.92 Å². The van der Waals surface area contributed by atoms with E-state index in [0.717, 1.165) is 5.56 Å². The third kappa shape index (κ3) is 8.25. The Labute approximate surface area is 180 Å². The molecule has 0 unspecified atom stereocenters. The van der Waals surface area contributed by atoms with Gasteiger partial charge in [-0.25, -0.2) is 0 Å². The van der Waals surface area contributed by atoms with Gasteiger partial charge in [-0.2, -0.15) is 0 Å². The average molecular weight is 430 g/mol. The maximum absolute atomic E-state index is 12.0. The number of rotatable bonds is 11. The van der Waals surface area contributed by atoms with Gasteiger partial charge in [0.25, 0.3) is 5.91 Å². The third-order valence-electron chi connectivity index (χ3n) is 4.07. The summed E-state index contributed by atoms with van der Waals surface area (Å²) in [7, 11) is 3.06. The Bertz CT molecular complexity index is 897. The summed E-state index contributed by atoms with van der Waals surface area (Å²) in [4.78, 5) is 35.6. The number of benzene rings is 2. The second-order valence-electron chi connectivity index (χ2n) is 6.46. The lowest BCUT2D eigenvalue weighted by Crippen LogP contribution is -2.35. The van der Waals surface area contributed by atoms with Crippen molar-refractivity contribution in [2.45, 2.75) is 13.3 Å². The van der Waals surface area contributed by atoms with Crippen LogP contribution in [0.5, 0.6) is 17.2 Å². The molecule has 31 heavy (non-hydrogen) atoms. The third-order valence-corrected chi connectivity index (χ3v) is 4.07. The molecule has 166 valence electrons. The maximum atomic E-state index is 12.0. The lowest BCUT2D eigenvalue weighted by molar-refractivity contribution is -0.149. The standard InChI is InChI=1S/C22H26N2O7/c1-15-4-9-19(29-3)18(12-15)24-20(25)13-23-21(26)14-31-22(27)10-11-30-17-7-5-16(28-2)6-8-17/h4-9,12H,10-11,13-14H2,1-3H3,(H,23,26)(H,24,25). The van der Waals surface area contributed by atoms with Crippen molar-refractivity contribution in [1.82, 2.24) is 5.32 Å². The van der Waals surface area contributed by atoms with Gasteiger partial charge in [-0.3, -0.25) is 14.4 Å². The van der Waals surface area contributed by atoms with E-state index in [4.69, 9.17) is 18.9 Å².